The van der Waals surface area contributed by atoms with Gasteiger partial charge >= 0.3 is 0 Å². The van der Waals surface area contributed by atoms with Crippen molar-refractivity contribution in [2.24, 2.45) is 0 Å². The van der Waals surface area contributed by atoms with E-state index in [4.69, 9.17) is 0 Å². The second kappa shape index (κ2) is 4.29. The third kappa shape index (κ3) is 1.65. The smallest absolute Gasteiger partial charge is 0.181 e. The Morgan fingerprint density at radius 3 is 2.45 bits per heavy atom. The van der Waals surface area contributed by atoms with Crippen molar-refractivity contribution in [1.82, 2.24) is 0 Å². The first-order chi connectivity index (χ1) is 9.74. The second-order valence-electron chi connectivity index (χ2n) is 5.08. The minimum atomic E-state index is -0.216. The van der Waals surface area contributed by atoms with Crippen molar-refractivity contribution >= 4 is 49.3 Å². The molecule has 0 bridgehead atoms. The lowest BCUT2D eigenvalue weighted by Crippen LogP contribution is -2.16. The van der Waals surface area contributed by atoms with Gasteiger partial charge in [-0.2, -0.15) is 0 Å². The van der Waals surface area contributed by atoms with Crippen LogP contribution in [0.3, 0.4) is 0 Å². The number of carbonyl (C=O) groups is 1. The number of rotatable bonds is 0. The zero-order valence-corrected chi connectivity index (χ0v) is 12.2. The molecule has 1 aliphatic rings. The van der Waals surface area contributed by atoms with Crippen molar-refractivity contribution in [2.75, 3.05) is 0 Å². The van der Waals surface area contributed by atoms with Gasteiger partial charge in [0, 0.05) is 5.56 Å². The molecule has 0 saturated carbocycles. The Kier molecular flexibility index (Phi) is 2.54. The summed E-state index contributed by atoms with van der Waals surface area (Å²) in [7, 11) is 0. The van der Waals surface area contributed by atoms with Crippen LogP contribution in [0.1, 0.15) is 15.9 Å². The highest BCUT2D eigenvalue weighted by molar-refractivity contribution is 9.10. The highest BCUT2D eigenvalue weighted by Gasteiger charge is 2.23. The molecule has 1 nitrogen and oxygen atoms in total. The van der Waals surface area contributed by atoms with E-state index in [1.54, 1.807) is 0 Å². The van der Waals surface area contributed by atoms with Gasteiger partial charge in [0.05, 0.1) is 4.83 Å². The first kappa shape index (κ1) is 11.9. The van der Waals surface area contributed by atoms with Crippen LogP contribution in [0, 0.1) is 0 Å². The lowest BCUT2D eigenvalue weighted by atomic mass is 9.89. The highest BCUT2D eigenvalue weighted by Crippen LogP contribution is 2.32. The molecular weight excluding hydrogens is 312 g/mol. The van der Waals surface area contributed by atoms with E-state index in [2.05, 4.69) is 46.3 Å². The lowest BCUT2D eigenvalue weighted by molar-refractivity contribution is 0.100. The third-order valence-corrected chi connectivity index (χ3v) is 4.58. The highest BCUT2D eigenvalue weighted by atomic mass is 79.9. The van der Waals surface area contributed by atoms with E-state index in [-0.39, 0.29) is 10.6 Å². The van der Waals surface area contributed by atoms with Crippen molar-refractivity contribution in [3.8, 4) is 0 Å². The summed E-state index contributed by atoms with van der Waals surface area (Å²) >= 11 is 3.42. The third-order valence-electron chi connectivity index (χ3n) is 3.86. The molecule has 20 heavy (non-hydrogen) atoms. The van der Waals surface area contributed by atoms with Gasteiger partial charge in [-0.05, 0) is 39.2 Å². The number of Topliss-reactive ketones (excluding diaryl/α,β-unsaturated/α-hetero) is 1. The summed E-state index contributed by atoms with van der Waals surface area (Å²) in [5.74, 6) is 0.142. The van der Waals surface area contributed by atoms with Crippen LogP contribution in [0.5, 0.6) is 0 Å². The molecule has 3 aromatic rings. The van der Waals surface area contributed by atoms with Gasteiger partial charge < -0.3 is 0 Å². The summed E-state index contributed by atoms with van der Waals surface area (Å²) in [6.45, 7) is 0. The zero-order valence-electron chi connectivity index (χ0n) is 10.6. The van der Waals surface area contributed by atoms with E-state index in [0.29, 0.717) is 0 Å². The summed E-state index contributed by atoms with van der Waals surface area (Å²) in [5, 5.41) is 4.53. The summed E-state index contributed by atoms with van der Waals surface area (Å²) < 4.78 is 0. The molecule has 0 amide bonds. The number of benzene rings is 3. The van der Waals surface area contributed by atoms with Gasteiger partial charge in [0.25, 0.3) is 0 Å². The van der Waals surface area contributed by atoms with Crippen LogP contribution in [0.2, 0.25) is 0 Å². The fraction of sp³-hybridized carbons (Fsp3) is 0.0556. The minimum Gasteiger partial charge on any atom is -0.293 e. The SMILES string of the molecule is O=C1c2c(ccc3cc4ccccc4cc23)C=CC1Br. The van der Waals surface area contributed by atoms with Gasteiger partial charge in [-0.3, -0.25) is 4.79 Å². The topological polar surface area (TPSA) is 17.1 Å². The predicted octanol–water partition coefficient (Wildman–Crippen LogP) is 4.97. The average Bonchev–Trinajstić information content (AvgIpc) is 2.48. The van der Waals surface area contributed by atoms with Crippen molar-refractivity contribution in [2.45, 2.75) is 4.83 Å². The molecule has 4 rings (SSSR count). The van der Waals surface area contributed by atoms with E-state index in [1.165, 1.54) is 10.8 Å². The summed E-state index contributed by atoms with van der Waals surface area (Å²) in [6, 6.07) is 16.6. The maximum atomic E-state index is 12.5. The van der Waals surface area contributed by atoms with Gasteiger partial charge in [-0.1, -0.05) is 64.5 Å². The molecule has 0 fully saturated rings. The molecular formula is C18H11BrO. The summed E-state index contributed by atoms with van der Waals surface area (Å²) in [5.41, 5.74) is 1.84. The van der Waals surface area contributed by atoms with Crippen molar-refractivity contribution in [3.63, 3.8) is 0 Å². The van der Waals surface area contributed by atoms with Gasteiger partial charge in [-0.15, -0.1) is 0 Å². The first-order valence-corrected chi connectivity index (χ1v) is 7.47. The van der Waals surface area contributed by atoms with Crippen LogP contribution in [-0.4, -0.2) is 10.6 Å². The van der Waals surface area contributed by atoms with E-state index >= 15 is 0 Å². The van der Waals surface area contributed by atoms with Gasteiger partial charge in [0.15, 0.2) is 5.78 Å². The Labute approximate surface area is 125 Å². The van der Waals surface area contributed by atoms with Gasteiger partial charge in [-0.25, -0.2) is 0 Å². The number of hydrogen-bond acceptors (Lipinski definition) is 1. The van der Waals surface area contributed by atoms with E-state index in [1.807, 2.05) is 30.4 Å². The molecule has 96 valence electrons. The number of hydrogen-bond donors (Lipinski definition) is 0. The maximum absolute atomic E-state index is 12.5. The van der Waals surface area contributed by atoms with Gasteiger partial charge in [0.2, 0.25) is 0 Å². The van der Waals surface area contributed by atoms with Crippen LogP contribution < -0.4 is 0 Å². The molecule has 0 N–H and O–H groups in total. The van der Waals surface area contributed by atoms with E-state index in [9.17, 15) is 4.79 Å². The molecule has 0 radical (unpaired) electrons. The molecule has 0 aromatic heterocycles. The van der Waals surface area contributed by atoms with Crippen molar-refractivity contribution in [1.29, 1.82) is 0 Å². The molecule has 0 saturated heterocycles. The molecule has 1 unspecified atom stereocenters. The molecule has 1 atom stereocenters. The van der Waals surface area contributed by atoms with Crippen LogP contribution in [0.4, 0.5) is 0 Å². The first-order valence-electron chi connectivity index (χ1n) is 6.56. The summed E-state index contributed by atoms with van der Waals surface area (Å²) in [4.78, 5) is 12.3. The second-order valence-corrected chi connectivity index (χ2v) is 6.06. The van der Waals surface area contributed by atoms with Crippen LogP contribution in [0.15, 0.2) is 54.6 Å². The predicted molar refractivity (Wildman–Crippen MR) is 87.5 cm³/mol. The molecule has 3 aromatic carbocycles. The fourth-order valence-electron chi connectivity index (χ4n) is 2.86. The molecule has 1 aliphatic carbocycles. The quantitative estimate of drug-likeness (QED) is 0.422. The molecule has 2 heteroatoms. The van der Waals surface area contributed by atoms with E-state index < -0.39 is 0 Å². The van der Waals surface area contributed by atoms with Crippen LogP contribution in [-0.2, 0) is 0 Å². The van der Waals surface area contributed by atoms with Crippen LogP contribution in [0.25, 0.3) is 27.6 Å². The average molecular weight is 323 g/mol. The van der Waals surface area contributed by atoms with E-state index in [0.717, 1.165) is 21.9 Å². The molecule has 0 heterocycles. The molecule has 0 aliphatic heterocycles. The van der Waals surface area contributed by atoms with Gasteiger partial charge in [0.1, 0.15) is 0 Å². The number of allylic oxidation sites excluding steroid dienone is 1. The maximum Gasteiger partial charge on any atom is 0.181 e. The number of fused-ring (bicyclic) bond motifs is 4. The van der Waals surface area contributed by atoms with Crippen LogP contribution >= 0.6 is 15.9 Å². The number of ketones is 1. The van der Waals surface area contributed by atoms with Crippen molar-refractivity contribution in [3.05, 3.63) is 65.7 Å². The number of carbonyl (C=O) groups excluding carboxylic acids is 1. The Morgan fingerprint density at radius 2 is 1.65 bits per heavy atom. The normalized spacial score (nSPS) is 17.6. The Hall–Kier alpha value is -1.93. The summed E-state index contributed by atoms with van der Waals surface area (Å²) in [6.07, 6.45) is 3.92. The monoisotopic (exact) mass is 322 g/mol. The zero-order chi connectivity index (χ0) is 13.7. The number of halogens is 1. The standard InChI is InChI=1S/C18H11BrO/c19-16-8-7-11-5-6-14-9-12-3-1-2-4-13(12)10-15(14)17(11)18(16)20/h1-10,16H. The Balaban J connectivity index is 2.15. The van der Waals surface area contributed by atoms with Crippen molar-refractivity contribution < 1.29 is 4.79 Å². The lowest BCUT2D eigenvalue weighted by Gasteiger charge is -2.16. The Morgan fingerprint density at radius 1 is 0.900 bits per heavy atom. The minimum absolute atomic E-state index is 0.142. The fourth-order valence-corrected chi connectivity index (χ4v) is 3.24. The largest absolute Gasteiger partial charge is 0.293 e. The molecule has 0 spiro atoms. The number of alkyl halides is 1. The Bertz CT molecular complexity index is 892.